The van der Waals surface area contributed by atoms with Crippen molar-refractivity contribution in [1.29, 1.82) is 0 Å². The Morgan fingerprint density at radius 2 is 2.00 bits per heavy atom. The first-order valence-corrected chi connectivity index (χ1v) is 5.78. The highest BCUT2D eigenvalue weighted by Crippen LogP contribution is 2.07. The van der Waals surface area contributed by atoms with Gasteiger partial charge in [0.1, 0.15) is 0 Å². The Bertz CT molecular complexity index is 372. The Morgan fingerprint density at radius 3 is 2.47 bits per heavy atom. The van der Waals surface area contributed by atoms with Crippen molar-refractivity contribution >= 4 is 5.91 Å². The number of amides is 1. The minimum Gasteiger partial charge on any atom is -0.388 e. The summed E-state index contributed by atoms with van der Waals surface area (Å²) in [5, 5.41) is 12.5. The first kappa shape index (κ1) is 13.7. The van der Waals surface area contributed by atoms with E-state index < -0.39 is 5.60 Å². The second-order valence-electron chi connectivity index (χ2n) is 4.43. The van der Waals surface area contributed by atoms with Crippen LogP contribution in [-0.2, 0) is 6.54 Å². The zero-order chi connectivity index (χ0) is 12.9. The predicted octanol–water partition coefficient (Wildman–Crippen LogP) is 1.04. The van der Waals surface area contributed by atoms with Crippen LogP contribution in [0.15, 0.2) is 24.3 Å². The number of nitrogens with one attached hydrogen (secondary N) is 1. The van der Waals surface area contributed by atoms with E-state index in [0.717, 1.165) is 5.56 Å². The molecule has 1 atom stereocenters. The minimum absolute atomic E-state index is 0.178. The molecule has 1 unspecified atom stereocenters. The lowest BCUT2D eigenvalue weighted by Gasteiger charge is -2.21. The van der Waals surface area contributed by atoms with Crippen LogP contribution in [0, 0.1) is 0 Å². The topological polar surface area (TPSA) is 75.3 Å². The monoisotopic (exact) mass is 236 g/mol. The number of benzene rings is 1. The SMILES string of the molecule is CCC(C)(O)CNC(=O)c1ccc(CN)cc1. The van der Waals surface area contributed by atoms with Crippen LogP contribution in [0.2, 0.25) is 0 Å². The average Bonchev–Trinajstić information content (AvgIpc) is 2.36. The highest BCUT2D eigenvalue weighted by Gasteiger charge is 2.18. The Morgan fingerprint density at radius 1 is 1.41 bits per heavy atom. The maximum absolute atomic E-state index is 11.8. The van der Waals surface area contributed by atoms with Gasteiger partial charge in [0.25, 0.3) is 5.91 Å². The molecule has 4 nitrogen and oxygen atoms in total. The Balaban J connectivity index is 2.58. The Kier molecular flexibility index (Phi) is 4.66. The lowest BCUT2D eigenvalue weighted by Crippen LogP contribution is -2.40. The normalized spacial score (nSPS) is 14.1. The van der Waals surface area contributed by atoms with Crippen LogP contribution in [0.3, 0.4) is 0 Å². The van der Waals surface area contributed by atoms with Gasteiger partial charge < -0.3 is 16.2 Å². The molecule has 0 aliphatic carbocycles. The number of carbonyl (C=O) groups is 1. The molecule has 0 aliphatic rings. The molecule has 0 saturated carbocycles. The molecule has 94 valence electrons. The smallest absolute Gasteiger partial charge is 0.251 e. The first-order valence-electron chi connectivity index (χ1n) is 5.78. The van der Waals surface area contributed by atoms with E-state index in [-0.39, 0.29) is 12.5 Å². The van der Waals surface area contributed by atoms with Gasteiger partial charge in [0.15, 0.2) is 0 Å². The van der Waals surface area contributed by atoms with Gasteiger partial charge in [-0.05, 0) is 31.0 Å². The van der Waals surface area contributed by atoms with E-state index in [9.17, 15) is 9.90 Å². The van der Waals surface area contributed by atoms with Crippen molar-refractivity contribution in [3.05, 3.63) is 35.4 Å². The van der Waals surface area contributed by atoms with Crippen LogP contribution >= 0.6 is 0 Å². The van der Waals surface area contributed by atoms with E-state index in [4.69, 9.17) is 5.73 Å². The van der Waals surface area contributed by atoms with E-state index in [1.165, 1.54) is 0 Å². The maximum atomic E-state index is 11.8. The van der Waals surface area contributed by atoms with Crippen LogP contribution in [0.4, 0.5) is 0 Å². The van der Waals surface area contributed by atoms with Crippen molar-refractivity contribution in [3.63, 3.8) is 0 Å². The molecule has 0 bridgehead atoms. The second kappa shape index (κ2) is 5.80. The van der Waals surface area contributed by atoms with Crippen molar-refractivity contribution in [2.45, 2.75) is 32.4 Å². The minimum atomic E-state index is -0.854. The molecular weight excluding hydrogens is 216 g/mol. The summed E-state index contributed by atoms with van der Waals surface area (Å²) in [6.07, 6.45) is 0.597. The molecule has 0 aliphatic heterocycles. The highest BCUT2D eigenvalue weighted by molar-refractivity contribution is 5.94. The van der Waals surface area contributed by atoms with Gasteiger partial charge in [0.05, 0.1) is 5.60 Å². The van der Waals surface area contributed by atoms with Crippen LogP contribution < -0.4 is 11.1 Å². The third-order valence-electron chi connectivity index (χ3n) is 2.84. The molecule has 17 heavy (non-hydrogen) atoms. The fraction of sp³-hybridized carbons (Fsp3) is 0.462. The third-order valence-corrected chi connectivity index (χ3v) is 2.84. The van der Waals surface area contributed by atoms with Crippen molar-refractivity contribution in [3.8, 4) is 0 Å². The van der Waals surface area contributed by atoms with Gasteiger partial charge >= 0.3 is 0 Å². The number of nitrogens with two attached hydrogens (primary N) is 1. The summed E-state index contributed by atoms with van der Waals surface area (Å²) < 4.78 is 0. The molecule has 4 N–H and O–H groups in total. The van der Waals surface area contributed by atoms with Crippen molar-refractivity contribution in [1.82, 2.24) is 5.32 Å². The number of hydrogen-bond acceptors (Lipinski definition) is 3. The zero-order valence-electron chi connectivity index (χ0n) is 10.4. The van der Waals surface area contributed by atoms with Gasteiger partial charge in [-0.1, -0.05) is 19.1 Å². The highest BCUT2D eigenvalue weighted by atomic mass is 16.3. The van der Waals surface area contributed by atoms with Crippen molar-refractivity contribution in [2.75, 3.05) is 6.54 Å². The van der Waals surface area contributed by atoms with Crippen LogP contribution in [-0.4, -0.2) is 23.2 Å². The number of hydrogen-bond donors (Lipinski definition) is 3. The Labute approximate surface area is 102 Å². The molecule has 0 radical (unpaired) electrons. The van der Waals surface area contributed by atoms with Crippen molar-refractivity contribution in [2.24, 2.45) is 5.73 Å². The standard InChI is InChI=1S/C13H20N2O2/c1-3-13(2,17)9-15-12(16)11-6-4-10(8-14)5-7-11/h4-7,17H,3,8-9,14H2,1-2H3,(H,15,16). The van der Waals surface area contributed by atoms with Gasteiger partial charge in [-0.2, -0.15) is 0 Å². The van der Waals surface area contributed by atoms with Crippen molar-refractivity contribution < 1.29 is 9.90 Å². The quantitative estimate of drug-likeness (QED) is 0.715. The molecule has 0 spiro atoms. The molecule has 1 aromatic rings. The molecule has 0 fully saturated rings. The van der Waals surface area contributed by atoms with Crippen LogP contribution in [0.5, 0.6) is 0 Å². The van der Waals surface area contributed by atoms with E-state index in [0.29, 0.717) is 18.5 Å². The molecule has 1 rings (SSSR count). The summed E-state index contributed by atoms with van der Waals surface area (Å²) in [4.78, 5) is 11.8. The van der Waals surface area contributed by atoms with Gasteiger partial charge in [-0.15, -0.1) is 0 Å². The second-order valence-corrected chi connectivity index (χ2v) is 4.43. The fourth-order valence-corrected chi connectivity index (χ4v) is 1.29. The number of rotatable bonds is 5. The van der Waals surface area contributed by atoms with E-state index in [2.05, 4.69) is 5.32 Å². The summed E-state index contributed by atoms with van der Waals surface area (Å²) in [5.41, 5.74) is 6.19. The first-order chi connectivity index (χ1) is 7.98. The maximum Gasteiger partial charge on any atom is 0.251 e. The largest absolute Gasteiger partial charge is 0.388 e. The van der Waals surface area contributed by atoms with Gasteiger partial charge in [-0.3, -0.25) is 4.79 Å². The molecule has 0 aromatic heterocycles. The summed E-state index contributed by atoms with van der Waals surface area (Å²) in [5.74, 6) is -0.178. The molecule has 0 saturated heterocycles. The summed E-state index contributed by atoms with van der Waals surface area (Å²) in [7, 11) is 0. The summed E-state index contributed by atoms with van der Waals surface area (Å²) >= 11 is 0. The molecule has 4 heteroatoms. The van der Waals surface area contributed by atoms with Gasteiger partial charge in [0, 0.05) is 18.7 Å². The van der Waals surface area contributed by atoms with Crippen LogP contribution in [0.25, 0.3) is 0 Å². The zero-order valence-corrected chi connectivity index (χ0v) is 10.4. The van der Waals surface area contributed by atoms with E-state index >= 15 is 0 Å². The third kappa shape index (κ3) is 4.17. The number of aliphatic hydroxyl groups is 1. The average molecular weight is 236 g/mol. The summed E-state index contributed by atoms with van der Waals surface area (Å²) in [6, 6.07) is 7.12. The molecule has 1 aromatic carbocycles. The lowest BCUT2D eigenvalue weighted by atomic mass is 10.0. The van der Waals surface area contributed by atoms with E-state index in [1.54, 1.807) is 19.1 Å². The fourth-order valence-electron chi connectivity index (χ4n) is 1.29. The van der Waals surface area contributed by atoms with E-state index in [1.807, 2.05) is 19.1 Å². The number of carbonyl (C=O) groups excluding carboxylic acids is 1. The lowest BCUT2D eigenvalue weighted by molar-refractivity contribution is 0.0518. The molecule has 0 heterocycles. The van der Waals surface area contributed by atoms with Gasteiger partial charge in [-0.25, -0.2) is 0 Å². The van der Waals surface area contributed by atoms with Crippen LogP contribution in [0.1, 0.15) is 36.2 Å². The predicted molar refractivity (Wildman–Crippen MR) is 67.6 cm³/mol. The molecular formula is C13H20N2O2. The van der Waals surface area contributed by atoms with Gasteiger partial charge in [0.2, 0.25) is 0 Å². The Hall–Kier alpha value is -1.39. The summed E-state index contributed by atoms with van der Waals surface area (Å²) in [6.45, 7) is 4.29. The molecule has 1 amide bonds.